The van der Waals surface area contributed by atoms with Crippen molar-refractivity contribution in [2.45, 2.75) is 19.9 Å². The molecule has 1 N–H and O–H groups in total. The first-order chi connectivity index (χ1) is 14.7. The van der Waals surface area contributed by atoms with Crippen LogP contribution in [-0.2, 0) is 14.8 Å². The smallest absolute Gasteiger partial charge is 0.243 e. The van der Waals surface area contributed by atoms with Crippen LogP contribution in [-0.4, -0.2) is 53.0 Å². The Morgan fingerprint density at radius 1 is 1.19 bits per heavy atom. The van der Waals surface area contributed by atoms with Crippen LogP contribution < -0.4 is 23.8 Å². The lowest BCUT2D eigenvalue weighted by atomic mass is 10.2. The molecule has 1 aliphatic rings. The molecule has 1 atom stereocenters. The lowest BCUT2D eigenvalue weighted by Crippen LogP contribution is -2.48. The molecule has 8 nitrogen and oxygen atoms in total. The number of hydrogen-bond acceptors (Lipinski definition) is 6. The average Bonchev–Trinajstić information content (AvgIpc) is 2.72. The van der Waals surface area contributed by atoms with Crippen molar-refractivity contribution >= 4 is 33.2 Å². The van der Waals surface area contributed by atoms with E-state index in [4.69, 9.17) is 25.8 Å². The highest BCUT2D eigenvalue weighted by Crippen LogP contribution is 2.35. The molecule has 2 aromatic rings. The molecule has 0 fully saturated rings. The van der Waals surface area contributed by atoms with Gasteiger partial charge in [-0.2, -0.15) is 0 Å². The van der Waals surface area contributed by atoms with E-state index in [-0.39, 0.29) is 13.2 Å². The standard InChI is InChI=1S/C21H25ClN2O6S/c1-14-4-6-17(13-18(14)22)28-9-8-23-21(25)15(2)24(31(3,26)27)16-5-7-19-20(12-16)30-11-10-29-19/h4-7,12-13,15H,8-11H2,1-3H3,(H,23,25)/t15-/m0/s1. The number of ether oxygens (including phenoxy) is 3. The van der Waals surface area contributed by atoms with E-state index in [1.165, 1.54) is 6.92 Å². The van der Waals surface area contributed by atoms with E-state index in [1.807, 2.05) is 13.0 Å². The van der Waals surface area contributed by atoms with Gasteiger partial charge in [0.05, 0.1) is 18.5 Å². The molecule has 168 valence electrons. The minimum atomic E-state index is -3.74. The van der Waals surface area contributed by atoms with E-state index in [0.29, 0.717) is 41.2 Å². The number of benzene rings is 2. The molecule has 2 aromatic carbocycles. The number of rotatable bonds is 8. The Labute approximate surface area is 187 Å². The van der Waals surface area contributed by atoms with Gasteiger partial charge in [0.1, 0.15) is 31.6 Å². The minimum absolute atomic E-state index is 0.202. The summed E-state index contributed by atoms with van der Waals surface area (Å²) in [6.07, 6.45) is 1.05. The molecular weight excluding hydrogens is 444 g/mol. The summed E-state index contributed by atoms with van der Waals surface area (Å²) in [6.45, 7) is 4.63. The van der Waals surface area contributed by atoms with E-state index in [9.17, 15) is 13.2 Å². The molecule has 0 unspecified atom stereocenters. The summed E-state index contributed by atoms with van der Waals surface area (Å²) in [5.41, 5.74) is 1.26. The lowest BCUT2D eigenvalue weighted by Gasteiger charge is -2.29. The number of fused-ring (bicyclic) bond motifs is 1. The van der Waals surface area contributed by atoms with Crippen molar-refractivity contribution in [3.05, 3.63) is 47.0 Å². The Balaban J connectivity index is 1.64. The second-order valence-electron chi connectivity index (χ2n) is 7.11. The molecule has 0 spiro atoms. The molecular formula is C21H25ClN2O6S. The maximum Gasteiger partial charge on any atom is 0.243 e. The largest absolute Gasteiger partial charge is 0.492 e. The quantitative estimate of drug-likeness (QED) is 0.599. The third-order valence-electron chi connectivity index (χ3n) is 4.68. The summed E-state index contributed by atoms with van der Waals surface area (Å²) in [5.74, 6) is 1.11. The summed E-state index contributed by atoms with van der Waals surface area (Å²) < 4.78 is 42.6. The van der Waals surface area contributed by atoms with Gasteiger partial charge >= 0.3 is 0 Å². The van der Waals surface area contributed by atoms with Crippen LogP contribution in [0.3, 0.4) is 0 Å². The Morgan fingerprint density at radius 2 is 1.90 bits per heavy atom. The molecule has 31 heavy (non-hydrogen) atoms. The number of sulfonamides is 1. The molecule has 0 aromatic heterocycles. The second kappa shape index (κ2) is 9.65. The Bertz CT molecular complexity index is 1060. The zero-order valence-corrected chi connectivity index (χ0v) is 19.1. The van der Waals surface area contributed by atoms with E-state index >= 15 is 0 Å². The monoisotopic (exact) mass is 468 g/mol. The topological polar surface area (TPSA) is 94.2 Å². The van der Waals surface area contributed by atoms with Crippen LogP contribution in [0.25, 0.3) is 0 Å². The fourth-order valence-electron chi connectivity index (χ4n) is 3.13. The number of nitrogens with zero attached hydrogens (tertiary/aromatic N) is 1. The van der Waals surface area contributed by atoms with Crippen LogP contribution in [0.15, 0.2) is 36.4 Å². The first-order valence-electron chi connectivity index (χ1n) is 9.72. The van der Waals surface area contributed by atoms with Crippen molar-refractivity contribution in [1.82, 2.24) is 5.32 Å². The fourth-order valence-corrected chi connectivity index (χ4v) is 4.47. The first kappa shape index (κ1) is 23.0. The Morgan fingerprint density at radius 3 is 2.58 bits per heavy atom. The van der Waals surface area contributed by atoms with Crippen molar-refractivity contribution < 1.29 is 27.4 Å². The highest BCUT2D eigenvalue weighted by molar-refractivity contribution is 7.92. The predicted octanol–water partition coefficient (Wildman–Crippen LogP) is 2.77. The van der Waals surface area contributed by atoms with Crippen LogP contribution in [0, 0.1) is 6.92 Å². The van der Waals surface area contributed by atoms with Gasteiger partial charge in [0, 0.05) is 11.1 Å². The number of anilines is 1. The first-order valence-corrected chi connectivity index (χ1v) is 11.9. The summed E-state index contributed by atoms with van der Waals surface area (Å²) in [5, 5.41) is 3.30. The number of carbonyl (C=O) groups is 1. The zero-order chi connectivity index (χ0) is 22.6. The number of nitrogens with one attached hydrogen (secondary N) is 1. The molecule has 3 rings (SSSR count). The number of carbonyl (C=O) groups excluding carboxylic acids is 1. The van der Waals surface area contributed by atoms with Gasteiger partial charge in [-0.3, -0.25) is 9.10 Å². The van der Waals surface area contributed by atoms with Crippen LogP contribution in [0.2, 0.25) is 5.02 Å². The summed E-state index contributed by atoms with van der Waals surface area (Å²) >= 11 is 6.07. The van der Waals surface area contributed by atoms with Crippen molar-refractivity contribution in [3.63, 3.8) is 0 Å². The summed E-state index contributed by atoms with van der Waals surface area (Å²) in [6, 6.07) is 9.13. The molecule has 0 aliphatic carbocycles. The zero-order valence-electron chi connectivity index (χ0n) is 17.6. The lowest BCUT2D eigenvalue weighted by molar-refractivity contribution is -0.121. The molecule has 0 radical (unpaired) electrons. The molecule has 0 saturated heterocycles. The molecule has 0 saturated carbocycles. The van der Waals surface area contributed by atoms with Gasteiger partial charge in [-0.25, -0.2) is 8.42 Å². The van der Waals surface area contributed by atoms with Gasteiger partial charge in [-0.05, 0) is 43.7 Å². The normalized spacial score (nSPS) is 13.9. The minimum Gasteiger partial charge on any atom is -0.492 e. The second-order valence-corrected chi connectivity index (χ2v) is 9.38. The molecule has 1 heterocycles. The number of aryl methyl sites for hydroxylation is 1. The van der Waals surface area contributed by atoms with Crippen molar-refractivity contribution in [3.8, 4) is 17.2 Å². The molecule has 10 heteroatoms. The number of halogens is 1. The highest BCUT2D eigenvalue weighted by atomic mass is 35.5. The third-order valence-corrected chi connectivity index (χ3v) is 6.33. The van der Waals surface area contributed by atoms with Crippen LogP contribution >= 0.6 is 11.6 Å². The highest BCUT2D eigenvalue weighted by Gasteiger charge is 2.30. The van der Waals surface area contributed by atoms with Crippen LogP contribution in [0.4, 0.5) is 5.69 Å². The number of hydrogen-bond donors (Lipinski definition) is 1. The van der Waals surface area contributed by atoms with Gasteiger partial charge in [0.25, 0.3) is 0 Å². The van der Waals surface area contributed by atoms with E-state index in [2.05, 4.69) is 5.32 Å². The third kappa shape index (κ3) is 5.74. The maximum atomic E-state index is 12.7. The van der Waals surface area contributed by atoms with E-state index in [1.54, 1.807) is 30.3 Å². The van der Waals surface area contributed by atoms with Crippen molar-refractivity contribution in [2.75, 3.05) is 36.9 Å². The summed E-state index contributed by atoms with van der Waals surface area (Å²) in [4.78, 5) is 12.7. The van der Waals surface area contributed by atoms with Crippen LogP contribution in [0.5, 0.6) is 17.2 Å². The predicted molar refractivity (Wildman–Crippen MR) is 119 cm³/mol. The molecule has 1 aliphatic heterocycles. The average molecular weight is 469 g/mol. The van der Waals surface area contributed by atoms with Gasteiger partial charge in [0.15, 0.2) is 11.5 Å². The van der Waals surface area contributed by atoms with Gasteiger partial charge in [-0.1, -0.05) is 17.7 Å². The Hall–Kier alpha value is -2.65. The van der Waals surface area contributed by atoms with Crippen molar-refractivity contribution in [1.29, 1.82) is 0 Å². The summed E-state index contributed by atoms with van der Waals surface area (Å²) in [7, 11) is -3.74. The Kier molecular flexibility index (Phi) is 7.17. The molecule has 1 amide bonds. The maximum absolute atomic E-state index is 12.7. The molecule has 0 bridgehead atoms. The fraction of sp³-hybridized carbons (Fsp3) is 0.381. The van der Waals surface area contributed by atoms with Crippen LogP contribution in [0.1, 0.15) is 12.5 Å². The van der Waals surface area contributed by atoms with Gasteiger partial charge in [-0.15, -0.1) is 0 Å². The van der Waals surface area contributed by atoms with Gasteiger partial charge in [0.2, 0.25) is 15.9 Å². The SMILES string of the molecule is Cc1ccc(OCCNC(=O)[C@H](C)N(c2ccc3c(c2)OCCO3)S(C)(=O)=O)cc1Cl. The van der Waals surface area contributed by atoms with Crippen molar-refractivity contribution in [2.24, 2.45) is 0 Å². The van der Waals surface area contributed by atoms with E-state index < -0.39 is 22.0 Å². The van der Waals surface area contributed by atoms with Gasteiger partial charge < -0.3 is 19.5 Å². The van der Waals surface area contributed by atoms with E-state index in [0.717, 1.165) is 16.1 Å². The number of amides is 1.